The predicted octanol–water partition coefficient (Wildman–Crippen LogP) is 3.41. The Kier molecular flexibility index (Phi) is 5.63. The van der Waals surface area contributed by atoms with E-state index >= 15 is 0 Å². The summed E-state index contributed by atoms with van der Waals surface area (Å²) >= 11 is 0. The van der Waals surface area contributed by atoms with Gasteiger partial charge in [-0.3, -0.25) is 4.98 Å². The van der Waals surface area contributed by atoms with E-state index in [2.05, 4.69) is 4.98 Å². The summed E-state index contributed by atoms with van der Waals surface area (Å²) in [5, 5.41) is 8.85. The third kappa shape index (κ3) is 4.00. The number of halogens is 4. The van der Waals surface area contributed by atoms with Gasteiger partial charge in [-0.25, -0.2) is 12.8 Å². The second-order valence-corrected chi connectivity index (χ2v) is 7.12. The van der Waals surface area contributed by atoms with Crippen LogP contribution in [0.2, 0.25) is 0 Å². The van der Waals surface area contributed by atoms with Crippen LogP contribution < -0.4 is 0 Å². The van der Waals surface area contributed by atoms with Crippen molar-refractivity contribution in [1.82, 2.24) is 9.29 Å². The van der Waals surface area contributed by atoms with E-state index < -0.39 is 45.1 Å². The molecule has 0 saturated heterocycles. The van der Waals surface area contributed by atoms with Crippen LogP contribution in [0, 0.1) is 17.1 Å². The fourth-order valence-corrected chi connectivity index (χ4v) is 4.01. The number of hydrogen-bond donors (Lipinski definition) is 0. The Bertz CT molecular complexity index is 922. The lowest BCUT2D eigenvalue weighted by Crippen LogP contribution is -2.42. The van der Waals surface area contributed by atoms with Crippen molar-refractivity contribution in [3.05, 3.63) is 59.7 Å². The Morgan fingerprint density at radius 3 is 2.35 bits per heavy atom. The highest BCUT2D eigenvalue weighted by atomic mass is 32.2. The maximum absolute atomic E-state index is 13.7. The van der Waals surface area contributed by atoms with Gasteiger partial charge in [0.05, 0.1) is 5.56 Å². The molecule has 138 valence electrons. The Morgan fingerprint density at radius 1 is 1.23 bits per heavy atom. The molecule has 0 bridgehead atoms. The SMILES string of the molecule is CCN([C@@H](c1ccc(F)cc1)C(F)(F)F)S(=O)(=O)c1cncc(C#N)c1. The molecule has 0 aliphatic carbocycles. The average Bonchev–Trinajstić information content (AvgIpc) is 2.59. The van der Waals surface area contributed by atoms with Gasteiger partial charge in [0.2, 0.25) is 10.0 Å². The van der Waals surface area contributed by atoms with Crippen LogP contribution in [0.15, 0.2) is 47.6 Å². The molecule has 2 rings (SSSR count). The van der Waals surface area contributed by atoms with Crippen LogP contribution in [0.3, 0.4) is 0 Å². The highest BCUT2D eigenvalue weighted by Crippen LogP contribution is 2.40. The van der Waals surface area contributed by atoms with Crippen molar-refractivity contribution in [3.8, 4) is 6.07 Å². The number of pyridine rings is 1. The van der Waals surface area contributed by atoms with Crippen molar-refractivity contribution in [2.75, 3.05) is 6.54 Å². The number of nitriles is 1. The molecule has 0 N–H and O–H groups in total. The number of benzene rings is 1. The first-order valence-corrected chi connectivity index (χ1v) is 8.74. The Balaban J connectivity index is 2.60. The fraction of sp³-hybridized carbons (Fsp3) is 0.250. The summed E-state index contributed by atoms with van der Waals surface area (Å²) in [6.07, 6.45) is -2.98. The topological polar surface area (TPSA) is 74.1 Å². The highest BCUT2D eigenvalue weighted by Gasteiger charge is 2.48. The first-order chi connectivity index (χ1) is 12.1. The number of sulfonamides is 1. The lowest BCUT2D eigenvalue weighted by molar-refractivity contribution is -0.173. The number of alkyl halides is 3. The lowest BCUT2D eigenvalue weighted by atomic mass is 10.1. The first-order valence-electron chi connectivity index (χ1n) is 7.30. The number of nitrogens with zero attached hydrogens (tertiary/aromatic N) is 3. The molecule has 5 nitrogen and oxygen atoms in total. The molecule has 1 aromatic carbocycles. The van der Waals surface area contributed by atoms with Gasteiger partial charge in [-0.2, -0.15) is 22.7 Å². The molecule has 0 aliphatic heterocycles. The van der Waals surface area contributed by atoms with Gasteiger partial charge in [0.1, 0.15) is 22.8 Å². The van der Waals surface area contributed by atoms with Crippen LogP contribution in [0.5, 0.6) is 0 Å². The molecule has 0 spiro atoms. The summed E-state index contributed by atoms with van der Waals surface area (Å²) < 4.78 is 79.8. The summed E-state index contributed by atoms with van der Waals surface area (Å²) in [6, 6.07) is 3.54. The van der Waals surface area contributed by atoms with Crippen LogP contribution in [0.4, 0.5) is 17.6 Å². The van der Waals surface area contributed by atoms with Crippen molar-refractivity contribution < 1.29 is 26.0 Å². The van der Waals surface area contributed by atoms with E-state index in [1.54, 1.807) is 6.07 Å². The Hall–Kier alpha value is -2.51. The van der Waals surface area contributed by atoms with Crippen LogP contribution in [0.25, 0.3) is 0 Å². The van der Waals surface area contributed by atoms with Gasteiger partial charge >= 0.3 is 6.18 Å². The quantitative estimate of drug-likeness (QED) is 0.737. The minimum atomic E-state index is -4.94. The summed E-state index contributed by atoms with van der Waals surface area (Å²) in [5.41, 5.74) is -0.527. The smallest absolute Gasteiger partial charge is 0.262 e. The summed E-state index contributed by atoms with van der Waals surface area (Å²) in [4.78, 5) is 3.05. The van der Waals surface area contributed by atoms with Crippen molar-refractivity contribution in [3.63, 3.8) is 0 Å². The van der Waals surface area contributed by atoms with Gasteiger partial charge < -0.3 is 0 Å². The van der Waals surface area contributed by atoms with E-state index in [1.807, 2.05) is 0 Å². The van der Waals surface area contributed by atoms with Crippen molar-refractivity contribution in [2.24, 2.45) is 0 Å². The number of hydrogen-bond acceptors (Lipinski definition) is 4. The molecule has 1 heterocycles. The standard InChI is InChI=1S/C16H13F4N3O2S/c1-2-23(26(24,25)14-7-11(8-21)9-22-10-14)15(16(18,19)20)12-3-5-13(17)6-4-12/h3-7,9-10,15H,2H2,1H3/t15-/m0/s1. The summed E-state index contributed by atoms with van der Waals surface area (Å²) in [5.74, 6) is -0.744. The van der Waals surface area contributed by atoms with Crippen molar-refractivity contribution >= 4 is 10.0 Å². The molecular weight excluding hydrogens is 374 g/mol. The Morgan fingerprint density at radius 2 is 1.85 bits per heavy atom. The zero-order valence-corrected chi connectivity index (χ0v) is 14.2. The average molecular weight is 387 g/mol. The normalized spacial score (nSPS) is 13.4. The molecule has 2 aromatic rings. The van der Waals surface area contributed by atoms with E-state index in [0.717, 1.165) is 42.7 Å². The lowest BCUT2D eigenvalue weighted by Gasteiger charge is -2.31. The van der Waals surface area contributed by atoms with Crippen molar-refractivity contribution in [1.29, 1.82) is 5.26 Å². The van der Waals surface area contributed by atoms with E-state index in [0.29, 0.717) is 0 Å². The summed E-state index contributed by atoms with van der Waals surface area (Å²) in [7, 11) is -4.62. The molecule has 0 amide bonds. The molecular formula is C16H13F4N3O2S. The van der Waals surface area contributed by atoms with E-state index in [-0.39, 0.29) is 9.87 Å². The van der Waals surface area contributed by atoms with Crippen molar-refractivity contribution in [2.45, 2.75) is 24.0 Å². The van der Waals surface area contributed by atoms with Gasteiger partial charge in [0.25, 0.3) is 0 Å². The molecule has 1 atom stereocenters. The largest absolute Gasteiger partial charge is 0.409 e. The number of aromatic nitrogens is 1. The van der Waals surface area contributed by atoms with Crippen LogP contribution in [0.1, 0.15) is 24.1 Å². The molecule has 0 radical (unpaired) electrons. The van der Waals surface area contributed by atoms with Gasteiger partial charge in [-0.15, -0.1) is 0 Å². The van der Waals surface area contributed by atoms with E-state index in [1.165, 1.54) is 6.92 Å². The first kappa shape index (κ1) is 19.8. The third-order valence-corrected chi connectivity index (χ3v) is 5.45. The summed E-state index contributed by atoms with van der Waals surface area (Å²) in [6.45, 7) is 0.752. The van der Waals surface area contributed by atoms with Gasteiger partial charge in [0.15, 0.2) is 0 Å². The zero-order chi connectivity index (χ0) is 19.5. The fourth-order valence-electron chi connectivity index (χ4n) is 2.41. The monoisotopic (exact) mass is 387 g/mol. The van der Waals surface area contributed by atoms with Gasteiger partial charge in [0, 0.05) is 18.9 Å². The molecule has 0 fully saturated rings. The Labute approximate surface area is 147 Å². The predicted molar refractivity (Wildman–Crippen MR) is 83.7 cm³/mol. The molecule has 0 unspecified atom stereocenters. The second kappa shape index (κ2) is 7.39. The highest BCUT2D eigenvalue weighted by molar-refractivity contribution is 7.89. The number of rotatable bonds is 5. The van der Waals surface area contributed by atoms with Crippen LogP contribution in [-0.4, -0.2) is 30.4 Å². The van der Waals surface area contributed by atoms with E-state index in [9.17, 15) is 26.0 Å². The van der Waals surface area contributed by atoms with Crippen LogP contribution in [-0.2, 0) is 10.0 Å². The minimum Gasteiger partial charge on any atom is -0.262 e. The van der Waals surface area contributed by atoms with E-state index in [4.69, 9.17) is 5.26 Å². The van der Waals surface area contributed by atoms with Gasteiger partial charge in [-0.1, -0.05) is 19.1 Å². The zero-order valence-electron chi connectivity index (χ0n) is 13.4. The molecule has 0 aliphatic rings. The maximum atomic E-state index is 13.7. The minimum absolute atomic E-state index is 0.104. The second-order valence-electron chi connectivity index (χ2n) is 5.23. The van der Waals surface area contributed by atoms with Gasteiger partial charge in [-0.05, 0) is 23.8 Å². The van der Waals surface area contributed by atoms with Crippen LogP contribution >= 0.6 is 0 Å². The molecule has 26 heavy (non-hydrogen) atoms. The third-order valence-electron chi connectivity index (χ3n) is 3.54. The molecule has 0 saturated carbocycles. The maximum Gasteiger partial charge on any atom is 0.409 e. The molecule has 1 aromatic heterocycles. The molecule has 10 heteroatoms.